The molecule has 0 spiro atoms. The van der Waals surface area contributed by atoms with E-state index in [9.17, 15) is 14.0 Å². The minimum Gasteiger partial charge on any atom is -0.322 e. The maximum Gasteiger partial charge on any atom is 0.263 e. The van der Waals surface area contributed by atoms with Gasteiger partial charge in [-0.25, -0.2) is 4.39 Å². The highest BCUT2D eigenvalue weighted by Gasteiger charge is 2.16. The zero-order valence-corrected chi connectivity index (χ0v) is 11.5. The highest BCUT2D eigenvalue weighted by atomic mass is 19.1. The van der Waals surface area contributed by atoms with Gasteiger partial charge in [-0.1, -0.05) is 6.07 Å². The first kappa shape index (κ1) is 14.0. The van der Waals surface area contributed by atoms with Crippen molar-refractivity contribution in [1.29, 1.82) is 0 Å². The van der Waals surface area contributed by atoms with Crippen LogP contribution in [0.15, 0.2) is 35.1 Å². The lowest BCUT2D eigenvalue weighted by Gasteiger charge is -2.11. The van der Waals surface area contributed by atoms with Gasteiger partial charge in [-0.15, -0.1) is 0 Å². The van der Waals surface area contributed by atoms with Gasteiger partial charge in [0.2, 0.25) is 0 Å². The topological polar surface area (TPSA) is 51.1 Å². The number of nitrogens with one attached hydrogen (secondary N) is 1. The van der Waals surface area contributed by atoms with E-state index in [1.807, 2.05) is 0 Å². The Bertz CT molecular complexity index is 735. The van der Waals surface area contributed by atoms with Crippen LogP contribution in [-0.4, -0.2) is 10.5 Å². The second-order valence-electron chi connectivity index (χ2n) is 4.67. The molecule has 0 fully saturated rings. The van der Waals surface area contributed by atoms with Gasteiger partial charge in [0.15, 0.2) is 0 Å². The maximum absolute atomic E-state index is 13.1. The normalized spacial score (nSPS) is 10.4. The summed E-state index contributed by atoms with van der Waals surface area (Å²) in [5, 5.41) is 2.54. The smallest absolute Gasteiger partial charge is 0.263 e. The van der Waals surface area contributed by atoms with Gasteiger partial charge in [-0.05, 0) is 43.7 Å². The molecule has 1 N–H and O–H groups in total. The standard InChI is InChI=1S/C15H15FN2O2/c1-9-7-10(2)18(3)15(20)13(9)14(19)17-12-6-4-5-11(16)8-12/h4-8H,1-3H3,(H,17,19). The summed E-state index contributed by atoms with van der Waals surface area (Å²) in [6.45, 7) is 3.50. The third-order valence-corrected chi connectivity index (χ3v) is 3.18. The summed E-state index contributed by atoms with van der Waals surface area (Å²) in [4.78, 5) is 24.3. The van der Waals surface area contributed by atoms with Crippen molar-refractivity contribution in [3.8, 4) is 0 Å². The minimum atomic E-state index is -0.534. The van der Waals surface area contributed by atoms with E-state index in [2.05, 4.69) is 5.32 Å². The Labute approximate surface area is 115 Å². The lowest BCUT2D eigenvalue weighted by molar-refractivity contribution is 0.102. The predicted octanol–water partition coefficient (Wildman–Crippen LogP) is 2.39. The molecule has 1 aromatic heterocycles. The molecule has 2 aromatic rings. The van der Waals surface area contributed by atoms with Crippen LogP contribution < -0.4 is 10.9 Å². The van der Waals surface area contributed by atoms with E-state index >= 15 is 0 Å². The van der Waals surface area contributed by atoms with E-state index in [4.69, 9.17) is 0 Å². The van der Waals surface area contributed by atoms with E-state index in [0.29, 0.717) is 11.3 Å². The number of hydrogen-bond donors (Lipinski definition) is 1. The molecule has 5 heteroatoms. The van der Waals surface area contributed by atoms with Crippen molar-refractivity contribution >= 4 is 11.6 Å². The summed E-state index contributed by atoms with van der Waals surface area (Å²) >= 11 is 0. The molecule has 0 bridgehead atoms. The molecule has 0 aliphatic heterocycles. The summed E-state index contributed by atoms with van der Waals surface area (Å²) in [6.07, 6.45) is 0. The molecule has 4 nitrogen and oxygen atoms in total. The monoisotopic (exact) mass is 274 g/mol. The van der Waals surface area contributed by atoms with Crippen LogP contribution in [0.4, 0.5) is 10.1 Å². The van der Waals surface area contributed by atoms with Crippen molar-refractivity contribution < 1.29 is 9.18 Å². The highest BCUT2D eigenvalue weighted by molar-refractivity contribution is 6.05. The Morgan fingerprint density at radius 1 is 1.25 bits per heavy atom. The van der Waals surface area contributed by atoms with E-state index in [-0.39, 0.29) is 11.1 Å². The molecular weight excluding hydrogens is 259 g/mol. The zero-order valence-electron chi connectivity index (χ0n) is 11.5. The number of benzene rings is 1. The third-order valence-electron chi connectivity index (χ3n) is 3.18. The maximum atomic E-state index is 13.1. The second-order valence-corrected chi connectivity index (χ2v) is 4.67. The second kappa shape index (κ2) is 5.28. The average Bonchev–Trinajstić information content (AvgIpc) is 2.36. The fourth-order valence-corrected chi connectivity index (χ4v) is 2.01. The summed E-state index contributed by atoms with van der Waals surface area (Å²) in [7, 11) is 1.61. The molecule has 1 aromatic carbocycles. The van der Waals surface area contributed by atoms with Crippen molar-refractivity contribution in [2.75, 3.05) is 5.32 Å². The third kappa shape index (κ3) is 2.61. The van der Waals surface area contributed by atoms with Crippen LogP contribution in [0.2, 0.25) is 0 Å². The molecule has 0 aliphatic rings. The lowest BCUT2D eigenvalue weighted by atomic mass is 10.1. The lowest BCUT2D eigenvalue weighted by Crippen LogP contribution is -2.30. The summed E-state index contributed by atoms with van der Waals surface area (Å²) in [6, 6.07) is 7.31. The van der Waals surface area contributed by atoms with Crippen molar-refractivity contribution in [3.05, 3.63) is 63.3 Å². The van der Waals surface area contributed by atoms with Crippen LogP contribution in [0.25, 0.3) is 0 Å². The number of aromatic nitrogens is 1. The van der Waals surface area contributed by atoms with Crippen LogP contribution >= 0.6 is 0 Å². The summed E-state index contributed by atoms with van der Waals surface area (Å²) in [5.41, 5.74) is 1.39. The fraction of sp³-hybridized carbons (Fsp3) is 0.200. The molecule has 0 saturated carbocycles. The Balaban J connectivity index is 2.40. The Morgan fingerprint density at radius 3 is 2.60 bits per heavy atom. The van der Waals surface area contributed by atoms with Crippen molar-refractivity contribution in [2.24, 2.45) is 7.05 Å². The van der Waals surface area contributed by atoms with Crippen molar-refractivity contribution in [3.63, 3.8) is 0 Å². The Morgan fingerprint density at radius 2 is 1.95 bits per heavy atom. The zero-order chi connectivity index (χ0) is 14.9. The van der Waals surface area contributed by atoms with E-state index in [0.717, 1.165) is 5.69 Å². The molecule has 104 valence electrons. The van der Waals surface area contributed by atoms with Crippen LogP contribution in [0.3, 0.4) is 0 Å². The van der Waals surface area contributed by atoms with Crippen LogP contribution in [0.5, 0.6) is 0 Å². The number of pyridine rings is 1. The van der Waals surface area contributed by atoms with Crippen molar-refractivity contribution in [1.82, 2.24) is 4.57 Å². The fourth-order valence-electron chi connectivity index (χ4n) is 2.01. The number of halogens is 1. The number of aryl methyl sites for hydroxylation is 2. The SMILES string of the molecule is Cc1cc(C)n(C)c(=O)c1C(=O)Nc1cccc(F)c1. The van der Waals surface area contributed by atoms with Crippen LogP contribution in [-0.2, 0) is 7.05 Å². The Kier molecular flexibility index (Phi) is 3.70. The van der Waals surface area contributed by atoms with Gasteiger partial charge in [-0.2, -0.15) is 0 Å². The molecule has 0 unspecified atom stereocenters. The molecule has 2 rings (SSSR count). The van der Waals surface area contributed by atoms with Crippen molar-refractivity contribution in [2.45, 2.75) is 13.8 Å². The van der Waals surface area contributed by atoms with Gasteiger partial charge < -0.3 is 9.88 Å². The Hall–Kier alpha value is -2.43. The number of anilines is 1. The summed E-state index contributed by atoms with van der Waals surface area (Å²) in [5.74, 6) is -0.981. The molecular formula is C15H15FN2O2. The minimum absolute atomic E-state index is 0.0716. The molecule has 0 atom stereocenters. The van der Waals surface area contributed by atoms with Gasteiger partial charge in [0.25, 0.3) is 11.5 Å². The molecule has 1 amide bonds. The van der Waals surface area contributed by atoms with E-state index < -0.39 is 11.7 Å². The van der Waals surface area contributed by atoms with Gasteiger partial charge in [0.1, 0.15) is 11.4 Å². The number of nitrogens with zero attached hydrogens (tertiary/aromatic N) is 1. The largest absolute Gasteiger partial charge is 0.322 e. The molecule has 0 saturated heterocycles. The number of carbonyl (C=O) groups excluding carboxylic acids is 1. The number of carbonyl (C=O) groups is 1. The first-order chi connectivity index (χ1) is 9.40. The van der Waals surface area contributed by atoms with E-state index in [1.54, 1.807) is 33.0 Å². The first-order valence-corrected chi connectivity index (χ1v) is 6.14. The molecule has 0 aliphatic carbocycles. The average molecular weight is 274 g/mol. The van der Waals surface area contributed by atoms with Gasteiger partial charge in [0, 0.05) is 18.4 Å². The van der Waals surface area contributed by atoms with Gasteiger partial charge in [0.05, 0.1) is 0 Å². The summed E-state index contributed by atoms with van der Waals surface area (Å²) < 4.78 is 14.5. The number of rotatable bonds is 2. The molecule has 20 heavy (non-hydrogen) atoms. The first-order valence-electron chi connectivity index (χ1n) is 6.14. The molecule has 0 radical (unpaired) electrons. The van der Waals surface area contributed by atoms with Gasteiger partial charge in [-0.3, -0.25) is 9.59 Å². The van der Waals surface area contributed by atoms with Gasteiger partial charge >= 0.3 is 0 Å². The quantitative estimate of drug-likeness (QED) is 0.914. The van der Waals surface area contributed by atoms with E-state index in [1.165, 1.54) is 22.8 Å². The number of amides is 1. The predicted molar refractivity (Wildman–Crippen MR) is 75.5 cm³/mol. The number of hydrogen-bond acceptors (Lipinski definition) is 2. The van der Waals surface area contributed by atoms with Crippen LogP contribution in [0.1, 0.15) is 21.6 Å². The van der Waals surface area contributed by atoms with Crippen LogP contribution in [0, 0.1) is 19.7 Å². The highest BCUT2D eigenvalue weighted by Crippen LogP contribution is 2.12. The molecule has 1 heterocycles.